The lowest BCUT2D eigenvalue weighted by Gasteiger charge is -2.18. The molecule has 8 nitrogen and oxygen atoms in total. The number of hydrogen-bond acceptors (Lipinski definition) is 6. The highest BCUT2D eigenvalue weighted by Gasteiger charge is 2.35. The average Bonchev–Trinajstić information content (AvgIpc) is 3.36. The van der Waals surface area contributed by atoms with E-state index in [4.69, 9.17) is 15.2 Å². The normalized spacial score (nSPS) is 12.8. The SMILES string of the molecule is COc1cc(OC)cc(-c2nn(-c3cc(NCCCC(N)=O)ccc3C(F)(F)F)c(=O)c3c2CCC3)c1. The topological polar surface area (TPSA) is 108 Å². The van der Waals surface area contributed by atoms with Gasteiger partial charge < -0.3 is 20.5 Å². The molecule has 3 aromatic rings. The highest BCUT2D eigenvalue weighted by Crippen LogP contribution is 2.37. The van der Waals surface area contributed by atoms with E-state index in [2.05, 4.69) is 10.4 Å². The van der Waals surface area contributed by atoms with Crippen LogP contribution < -0.4 is 26.1 Å². The fourth-order valence-corrected chi connectivity index (χ4v) is 4.47. The highest BCUT2D eigenvalue weighted by atomic mass is 19.4. The van der Waals surface area contributed by atoms with Crippen LogP contribution in [0, 0.1) is 0 Å². The summed E-state index contributed by atoms with van der Waals surface area (Å²) in [6.45, 7) is 0.315. The summed E-state index contributed by atoms with van der Waals surface area (Å²) in [5.41, 5.74) is 5.67. The first kappa shape index (κ1) is 26.1. The number of methoxy groups -OCH3 is 2. The summed E-state index contributed by atoms with van der Waals surface area (Å²) < 4.78 is 53.7. The van der Waals surface area contributed by atoms with Gasteiger partial charge in [0.25, 0.3) is 5.56 Å². The maximum absolute atomic E-state index is 14.0. The Kier molecular flexibility index (Phi) is 7.42. The Hall–Kier alpha value is -4.02. The lowest BCUT2D eigenvalue weighted by atomic mass is 10.0. The Labute approximate surface area is 211 Å². The number of carbonyl (C=O) groups is 1. The van der Waals surface area contributed by atoms with Crippen LogP contribution in [-0.4, -0.2) is 36.5 Å². The predicted molar refractivity (Wildman–Crippen MR) is 132 cm³/mol. The van der Waals surface area contributed by atoms with E-state index < -0.39 is 23.2 Å². The van der Waals surface area contributed by atoms with Crippen LogP contribution in [0.3, 0.4) is 0 Å². The number of nitrogens with two attached hydrogens (primary N) is 1. The zero-order valence-corrected chi connectivity index (χ0v) is 20.4. The molecule has 0 fully saturated rings. The molecule has 0 saturated carbocycles. The van der Waals surface area contributed by atoms with Gasteiger partial charge in [0.15, 0.2) is 0 Å². The number of primary amides is 1. The molecular formula is C26H27F3N4O4. The van der Waals surface area contributed by atoms with Crippen molar-refractivity contribution in [1.29, 1.82) is 0 Å². The van der Waals surface area contributed by atoms with E-state index in [-0.39, 0.29) is 12.1 Å². The molecule has 1 amide bonds. The molecule has 1 aliphatic rings. The van der Waals surface area contributed by atoms with Crippen molar-refractivity contribution < 1.29 is 27.4 Å². The number of nitrogens with one attached hydrogen (secondary N) is 1. The summed E-state index contributed by atoms with van der Waals surface area (Å²) in [6.07, 6.45) is -2.46. The largest absolute Gasteiger partial charge is 0.497 e. The third kappa shape index (κ3) is 5.55. The predicted octanol–water partition coefficient (Wildman–Crippen LogP) is 4.10. The number of nitrogens with zero attached hydrogens (tertiary/aromatic N) is 2. The third-order valence-electron chi connectivity index (χ3n) is 6.24. The van der Waals surface area contributed by atoms with Crippen molar-refractivity contribution in [1.82, 2.24) is 9.78 Å². The zero-order valence-electron chi connectivity index (χ0n) is 20.4. The Morgan fingerprint density at radius 1 is 1.08 bits per heavy atom. The molecule has 1 aromatic heterocycles. The fourth-order valence-electron chi connectivity index (χ4n) is 4.47. The van der Waals surface area contributed by atoms with Gasteiger partial charge in [0.05, 0.1) is 31.2 Å². The van der Waals surface area contributed by atoms with Gasteiger partial charge in [0.2, 0.25) is 5.91 Å². The molecule has 0 aliphatic heterocycles. The first-order valence-corrected chi connectivity index (χ1v) is 11.7. The van der Waals surface area contributed by atoms with Crippen LogP contribution in [0.25, 0.3) is 16.9 Å². The van der Waals surface area contributed by atoms with Gasteiger partial charge in [-0.25, -0.2) is 0 Å². The van der Waals surface area contributed by atoms with Gasteiger partial charge in [0, 0.05) is 35.8 Å². The minimum atomic E-state index is -4.72. The lowest BCUT2D eigenvalue weighted by Crippen LogP contribution is -2.28. The monoisotopic (exact) mass is 516 g/mol. The molecule has 0 radical (unpaired) electrons. The number of amides is 1. The average molecular weight is 517 g/mol. The van der Waals surface area contributed by atoms with Gasteiger partial charge in [-0.15, -0.1) is 0 Å². The molecular weight excluding hydrogens is 489 g/mol. The molecule has 0 saturated heterocycles. The molecule has 196 valence electrons. The number of ether oxygens (including phenoxy) is 2. The number of rotatable bonds is 9. The summed E-state index contributed by atoms with van der Waals surface area (Å²) >= 11 is 0. The van der Waals surface area contributed by atoms with Crippen LogP contribution in [-0.2, 0) is 23.8 Å². The van der Waals surface area contributed by atoms with E-state index in [0.717, 1.165) is 10.7 Å². The summed E-state index contributed by atoms with van der Waals surface area (Å²) in [7, 11) is 2.99. The summed E-state index contributed by atoms with van der Waals surface area (Å²) in [5, 5.41) is 7.46. The molecule has 1 heterocycles. The summed E-state index contributed by atoms with van der Waals surface area (Å²) in [5.74, 6) is 0.503. The number of aromatic nitrogens is 2. The van der Waals surface area contributed by atoms with Gasteiger partial charge in [-0.3, -0.25) is 9.59 Å². The zero-order chi connectivity index (χ0) is 26.7. The van der Waals surface area contributed by atoms with Gasteiger partial charge in [-0.1, -0.05) is 0 Å². The molecule has 2 aromatic carbocycles. The quantitative estimate of drug-likeness (QED) is 0.415. The Bertz CT molecular complexity index is 1360. The number of hydrogen-bond donors (Lipinski definition) is 2. The fraction of sp³-hybridized carbons (Fsp3) is 0.346. The second-order valence-corrected chi connectivity index (χ2v) is 8.70. The number of anilines is 1. The van der Waals surface area contributed by atoms with E-state index in [1.165, 1.54) is 26.4 Å². The Balaban J connectivity index is 1.88. The van der Waals surface area contributed by atoms with Crippen molar-refractivity contribution in [2.24, 2.45) is 5.73 Å². The number of fused-ring (bicyclic) bond motifs is 1. The van der Waals surface area contributed by atoms with E-state index in [1.54, 1.807) is 18.2 Å². The van der Waals surface area contributed by atoms with Crippen LogP contribution in [0.5, 0.6) is 11.5 Å². The third-order valence-corrected chi connectivity index (χ3v) is 6.24. The molecule has 11 heteroatoms. The van der Waals surface area contributed by atoms with Gasteiger partial charge in [0.1, 0.15) is 11.5 Å². The molecule has 4 rings (SSSR count). The second-order valence-electron chi connectivity index (χ2n) is 8.70. The first-order valence-electron chi connectivity index (χ1n) is 11.7. The minimum absolute atomic E-state index is 0.139. The van der Waals surface area contributed by atoms with E-state index >= 15 is 0 Å². The summed E-state index contributed by atoms with van der Waals surface area (Å²) in [6, 6.07) is 8.54. The molecule has 0 bridgehead atoms. The van der Waals surface area contributed by atoms with Crippen molar-refractivity contribution >= 4 is 11.6 Å². The number of halogens is 3. The van der Waals surface area contributed by atoms with Gasteiger partial charge >= 0.3 is 6.18 Å². The van der Waals surface area contributed by atoms with Crippen LogP contribution in [0.4, 0.5) is 18.9 Å². The summed E-state index contributed by atoms with van der Waals surface area (Å²) in [4.78, 5) is 24.4. The van der Waals surface area contributed by atoms with Crippen molar-refractivity contribution in [3.05, 3.63) is 63.4 Å². The second kappa shape index (κ2) is 10.5. The molecule has 0 atom stereocenters. The Morgan fingerprint density at radius 3 is 2.38 bits per heavy atom. The number of benzene rings is 2. The smallest absolute Gasteiger partial charge is 0.418 e. The highest BCUT2D eigenvalue weighted by molar-refractivity contribution is 5.73. The van der Waals surface area contributed by atoms with Crippen molar-refractivity contribution in [3.63, 3.8) is 0 Å². The van der Waals surface area contributed by atoms with E-state index in [0.29, 0.717) is 71.8 Å². The van der Waals surface area contributed by atoms with Crippen molar-refractivity contribution in [3.8, 4) is 28.4 Å². The lowest BCUT2D eigenvalue weighted by molar-refractivity contribution is -0.137. The van der Waals surface area contributed by atoms with Crippen LogP contribution >= 0.6 is 0 Å². The molecule has 1 aliphatic carbocycles. The maximum atomic E-state index is 14.0. The minimum Gasteiger partial charge on any atom is -0.497 e. The molecule has 37 heavy (non-hydrogen) atoms. The van der Waals surface area contributed by atoms with E-state index in [1.807, 2.05) is 0 Å². The standard InChI is InChI=1S/C26H27F3N4O4/c1-36-17-11-15(12-18(14-17)37-2)24-19-5-3-6-20(19)25(35)33(32-24)22-13-16(31-10-4-7-23(30)34)8-9-21(22)26(27,28)29/h8-9,11-14,31H,3-7,10H2,1-2H3,(H2,30,34). The van der Waals surface area contributed by atoms with Crippen molar-refractivity contribution in [2.45, 2.75) is 38.3 Å². The Morgan fingerprint density at radius 2 is 1.76 bits per heavy atom. The first-order chi connectivity index (χ1) is 17.6. The van der Waals surface area contributed by atoms with Gasteiger partial charge in [-0.2, -0.15) is 23.0 Å². The van der Waals surface area contributed by atoms with Crippen LogP contribution in [0.2, 0.25) is 0 Å². The van der Waals surface area contributed by atoms with Crippen molar-refractivity contribution in [2.75, 3.05) is 26.1 Å². The molecule has 0 spiro atoms. The number of alkyl halides is 3. The molecule has 3 N–H and O–H groups in total. The maximum Gasteiger partial charge on any atom is 0.418 e. The van der Waals surface area contributed by atoms with Gasteiger partial charge in [-0.05, 0) is 61.6 Å². The van der Waals surface area contributed by atoms with E-state index in [9.17, 15) is 22.8 Å². The molecule has 0 unspecified atom stereocenters. The van der Waals surface area contributed by atoms with Crippen LogP contribution in [0.1, 0.15) is 36.0 Å². The van der Waals surface area contributed by atoms with Crippen LogP contribution in [0.15, 0.2) is 41.2 Å². The number of carbonyl (C=O) groups excluding carboxylic acids is 1.